The van der Waals surface area contributed by atoms with Crippen LogP contribution in [0.4, 0.5) is 0 Å². The van der Waals surface area contributed by atoms with E-state index in [1.165, 1.54) is 0 Å². The number of nitrogens with zero attached hydrogens (tertiary/aromatic N) is 1. The van der Waals surface area contributed by atoms with E-state index < -0.39 is 4.87 Å². The molecule has 21 heavy (non-hydrogen) atoms. The molecule has 3 rings (SSSR count). The molecule has 1 aromatic heterocycles. The van der Waals surface area contributed by atoms with Gasteiger partial charge in [-0.2, -0.15) is 0 Å². The van der Waals surface area contributed by atoms with Crippen LogP contribution in [-0.2, 0) is 4.87 Å². The first-order valence-corrected chi connectivity index (χ1v) is 7.33. The molecule has 1 heterocycles. The van der Waals surface area contributed by atoms with Crippen LogP contribution in [0.1, 0.15) is 22.5 Å². The topological polar surface area (TPSA) is 12.9 Å². The Kier molecular flexibility index (Phi) is 3.76. The van der Waals surface area contributed by atoms with Crippen LogP contribution >= 0.6 is 11.6 Å². The molecule has 0 atom stereocenters. The molecule has 2 heteroatoms. The molecule has 0 bridgehead atoms. The first kappa shape index (κ1) is 13.8. The molecule has 0 fully saturated rings. The predicted octanol–water partition coefficient (Wildman–Crippen LogP) is 4.92. The summed E-state index contributed by atoms with van der Waals surface area (Å²) >= 11 is 7.12. The van der Waals surface area contributed by atoms with Gasteiger partial charge in [-0.25, -0.2) is 0 Å². The highest BCUT2D eigenvalue weighted by atomic mass is 35.5. The van der Waals surface area contributed by atoms with Crippen molar-refractivity contribution in [3.8, 4) is 0 Å². The van der Waals surface area contributed by atoms with Crippen molar-refractivity contribution < 1.29 is 0 Å². The minimum atomic E-state index is -0.769. The summed E-state index contributed by atoms with van der Waals surface area (Å²) in [4.78, 5) is 3.90. The van der Waals surface area contributed by atoms with Gasteiger partial charge in [0.05, 0.1) is 5.69 Å². The molecule has 104 valence electrons. The second kappa shape index (κ2) is 5.71. The van der Waals surface area contributed by atoms with Gasteiger partial charge in [0.15, 0.2) is 0 Å². The summed E-state index contributed by atoms with van der Waals surface area (Å²) in [7, 11) is 0. The Morgan fingerprint density at radius 1 is 0.714 bits per heavy atom. The fourth-order valence-electron chi connectivity index (χ4n) is 2.53. The fraction of sp³-hybridized carbons (Fsp3) is 0.105. The van der Waals surface area contributed by atoms with E-state index in [4.69, 9.17) is 11.6 Å². The summed E-state index contributed by atoms with van der Waals surface area (Å²) in [5.74, 6) is 0. The zero-order valence-corrected chi connectivity index (χ0v) is 12.6. The average Bonchev–Trinajstić information content (AvgIpc) is 2.56. The SMILES string of the molecule is Cc1cccc(C(Cl)(c2ccccc2)c2ccccc2)n1. The molecule has 3 aromatic rings. The summed E-state index contributed by atoms with van der Waals surface area (Å²) in [6.45, 7) is 1.98. The van der Waals surface area contributed by atoms with E-state index in [0.29, 0.717) is 0 Å². The highest BCUT2D eigenvalue weighted by Gasteiger charge is 2.35. The van der Waals surface area contributed by atoms with Gasteiger partial charge >= 0.3 is 0 Å². The van der Waals surface area contributed by atoms with Crippen LogP contribution in [0.25, 0.3) is 0 Å². The molecular weight excluding hydrogens is 278 g/mol. The van der Waals surface area contributed by atoms with Gasteiger partial charge in [-0.3, -0.25) is 4.98 Å². The average molecular weight is 294 g/mol. The molecule has 0 amide bonds. The number of hydrogen-bond acceptors (Lipinski definition) is 1. The number of aromatic nitrogens is 1. The zero-order valence-electron chi connectivity index (χ0n) is 11.8. The summed E-state index contributed by atoms with van der Waals surface area (Å²) in [5.41, 5.74) is 3.86. The fourth-order valence-corrected chi connectivity index (χ4v) is 2.89. The molecular formula is C19H16ClN. The molecule has 0 aliphatic carbocycles. The van der Waals surface area contributed by atoms with Crippen LogP contribution < -0.4 is 0 Å². The summed E-state index contributed by atoms with van der Waals surface area (Å²) in [6, 6.07) is 26.2. The smallest absolute Gasteiger partial charge is 0.136 e. The van der Waals surface area contributed by atoms with Crippen molar-refractivity contribution in [1.29, 1.82) is 0 Å². The van der Waals surface area contributed by atoms with Gasteiger partial charge in [-0.05, 0) is 30.2 Å². The Labute approximate surface area is 130 Å². The van der Waals surface area contributed by atoms with Gasteiger partial charge in [0, 0.05) is 5.69 Å². The number of hydrogen-bond donors (Lipinski definition) is 0. The van der Waals surface area contributed by atoms with Gasteiger partial charge in [-0.15, -0.1) is 11.6 Å². The Morgan fingerprint density at radius 3 is 1.71 bits per heavy atom. The first-order valence-electron chi connectivity index (χ1n) is 6.95. The summed E-state index contributed by atoms with van der Waals surface area (Å²) in [5, 5.41) is 0. The predicted molar refractivity (Wildman–Crippen MR) is 87.6 cm³/mol. The maximum atomic E-state index is 7.12. The van der Waals surface area contributed by atoms with Crippen LogP contribution in [0.5, 0.6) is 0 Å². The van der Waals surface area contributed by atoms with Gasteiger partial charge in [0.2, 0.25) is 0 Å². The van der Waals surface area contributed by atoms with Crippen LogP contribution in [0, 0.1) is 6.92 Å². The molecule has 0 saturated heterocycles. The lowest BCUT2D eigenvalue weighted by Gasteiger charge is -2.28. The minimum absolute atomic E-state index is 0.769. The minimum Gasteiger partial charge on any atom is -0.256 e. The number of rotatable bonds is 3. The van der Waals surface area contributed by atoms with Crippen molar-refractivity contribution in [2.75, 3.05) is 0 Å². The second-order valence-electron chi connectivity index (χ2n) is 5.05. The quantitative estimate of drug-likeness (QED) is 0.625. The molecule has 1 nitrogen and oxygen atoms in total. The second-order valence-corrected chi connectivity index (χ2v) is 5.62. The lowest BCUT2D eigenvalue weighted by molar-refractivity contribution is 0.825. The van der Waals surface area contributed by atoms with E-state index in [-0.39, 0.29) is 0 Å². The maximum absolute atomic E-state index is 7.12. The van der Waals surface area contributed by atoms with Gasteiger partial charge in [0.1, 0.15) is 4.87 Å². The molecule has 0 radical (unpaired) electrons. The standard InChI is InChI=1S/C19H16ClN/c1-15-9-8-14-18(21-15)19(20,16-10-4-2-5-11-16)17-12-6-3-7-13-17/h2-14H,1H3. The third-order valence-electron chi connectivity index (χ3n) is 3.58. The van der Waals surface area contributed by atoms with Crippen LogP contribution in [0.3, 0.4) is 0 Å². The number of benzene rings is 2. The number of pyridine rings is 1. The van der Waals surface area contributed by atoms with E-state index in [1.54, 1.807) is 0 Å². The molecule has 0 aliphatic rings. The van der Waals surface area contributed by atoms with Crippen LogP contribution in [-0.4, -0.2) is 4.98 Å². The van der Waals surface area contributed by atoms with E-state index in [2.05, 4.69) is 4.98 Å². The molecule has 0 spiro atoms. The van der Waals surface area contributed by atoms with Crippen molar-refractivity contribution in [3.63, 3.8) is 0 Å². The van der Waals surface area contributed by atoms with E-state index >= 15 is 0 Å². The summed E-state index contributed by atoms with van der Waals surface area (Å²) in [6.07, 6.45) is 0. The number of aryl methyl sites for hydroxylation is 1. The monoisotopic (exact) mass is 293 g/mol. The largest absolute Gasteiger partial charge is 0.256 e. The van der Waals surface area contributed by atoms with E-state index in [1.807, 2.05) is 85.8 Å². The van der Waals surface area contributed by atoms with Crippen molar-refractivity contribution in [2.24, 2.45) is 0 Å². The van der Waals surface area contributed by atoms with E-state index in [9.17, 15) is 0 Å². The molecule has 0 aliphatic heterocycles. The molecule has 2 aromatic carbocycles. The molecule has 0 N–H and O–H groups in total. The number of halogens is 1. The van der Waals surface area contributed by atoms with Crippen LogP contribution in [0.15, 0.2) is 78.9 Å². The highest BCUT2D eigenvalue weighted by molar-refractivity contribution is 6.28. The number of alkyl halides is 1. The van der Waals surface area contributed by atoms with Crippen molar-refractivity contribution in [2.45, 2.75) is 11.8 Å². The van der Waals surface area contributed by atoms with Gasteiger partial charge in [0.25, 0.3) is 0 Å². The van der Waals surface area contributed by atoms with Crippen molar-refractivity contribution in [1.82, 2.24) is 4.98 Å². The van der Waals surface area contributed by atoms with Gasteiger partial charge < -0.3 is 0 Å². The third kappa shape index (κ3) is 2.57. The van der Waals surface area contributed by atoms with Crippen LogP contribution in [0.2, 0.25) is 0 Å². The Hall–Kier alpha value is -2.12. The molecule has 0 unspecified atom stereocenters. The Bertz CT molecular complexity index is 683. The van der Waals surface area contributed by atoms with Crippen molar-refractivity contribution in [3.05, 3.63) is 101 Å². The normalized spacial score (nSPS) is 11.3. The third-order valence-corrected chi connectivity index (χ3v) is 4.21. The lowest BCUT2D eigenvalue weighted by Crippen LogP contribution is -2.23. The van der Waals surface area contributed by atoms with E-state index in [0.717, 1.165) is 22.5 Å². The highest BCUT2D eigenvalue weighted by Crippen LogP contribution is 2.41. The molecule has 0 saturated carbocycles. The summed E-state index contributed by atoms with van der Waals surface area (Å²) < 4.78 is 0. The first-order chi connectivity index (χ1) is 10.2. The maximum Gasteiger partial charge on any atom is 0.136 e. The zero-order chi connectivity index (χ0) is 14.7. The van der Waals surface area contributed by atoms with Gasteiger partial charge in [-0.1, -0.05) is 66.7 Å². The van der Waals surface area contributed by atoms with Crippen molar-refractivity contribution >= 4 is 11.6 Å². The lowest BCUT2D eigenvalue weighted by atomic mass is 9.87. The Balaban J connectivity index is 2.25. The Morgan fingerprint density at radius 2 is 1.24 bits per heavy atom.